The predicted octanol–water partition coefficient (Wildman–Crippen LogP) is 4.77. The SMILES string of the molecule is Cc1ccc(N2CCCC(c3ccccc3)CC2)cc1. The maximum atomic E-state index is 2.54. The molecule has 2 aromatic rings. The number of nitrogens with zero attached hydrogens (tertiary/aromatic N) is 1. The lowest BCUT2D eigenvalue weighted by molar-refractivity contribution is 0.612. The molecule has 0 bridgehead atoms. The molecule has 0 saturated carbocycles. The highest BCUT2D eigenvalue weighted by molar-refractivity contribution is 5.47. The minimum Gasteiger partial charge on any atom is -0.372 e. The van der Waals surface area contributed by atoms with Gasteiger partial charge in [0.25, 0.3) is 0 Å². The van der Waals surface area contributed by atoms with E-state index in [0.717, 1.165) is 5.92 Å². The number of benzene rings is 2. The van der Waals surface area contributed by atoms with Crippen molar-refractivity contribution in [3.05, 3.63) is 65.7 Å². The molecule has 104 valence electrons. The van der Waals surface area contributed by atoms with Gasteiger partial charge in [-0.3, -0.25) is 0 Å². The Morgan fingerprint density at radius 1 is 0.850 bits per heavy atom. The van der Waals surface area contributed by atoms with E-state index >= 15 is 0 Å². The smallest absolute Gasteiger partial charge is 0.0366 e. The normalized spacial score (nSPS) is 19.6. The van der Waals surface area contributed by atoms with Crippen molar-refractivity contribution in [2.24, 2.45) is 0 Å². The molecule has 1 atom stereocenters. The summed E-state index contributed by atoms with van der Waals surface area (Å²) in [4.78, 5) is 2.54. The Labute approximate surface area is 122 Å². The second-order valence-corrected chi connectivity index (χ2v) is 5.86. The molecule has 0 aromatic heterocycles. The third-order valence-corrected chi connectivity index (χ3v) is 4.40. The van der Waals surface area contributed by atoms with Crippen molar-refractivity contribution in [3.8, 4) is 0 Å². The lowest BCUT2D eigenvalue weighted by atomic mass is 9.92. The summed E-state index contributed by atoms with van der Waals surface area (Å²) in [5.41, 5.74) is 4.23. The second kappa shape index (κ2) is 6.13. The molecular weight excluding hydrogens is 242 g/mol. The summed E-state index contributed by atoms with van der Waals surface area (Å²) in [5, 5.41) is 0. The van der Waals surface area contributed by atoms with E-state index in [1.54, 1.807) is 0 Å². The fraction of sp³-hybridized carbons (Fsp3) is 0.368. The number of aryl methyl sites for hydroxylation is 1. The molecular formula is C19H23N. The molecule has 2 aromatic carbocycles. The molecule has 1 unspecified atom stereocenters. The van der Waals surface area contributed by atoms with Crippen LogP contribution >= 0.6 is 0 Å². The molecule has 20 heavy (non-hydrogen) atoms. The first-order chi connectivity index (χ1) is 9.83. The van der Waals surface area contributed by atoms with Crippen LogP contribution < -0.4 is 4.90 Å². The minimum absolute atomic E-state index is 0.728. The van der Waals surface area contributed by atoms with Gasteiger partial charge in [0.2, 0.25) is 0 Å². The van der Waals surface area contributed by atoms with Crippen LogP contribution in [-0.2, 0) is 0 Å². The fourth-order valence-electron chi connectivity index (χ4n) is 3.17. The maximum Gasteiger partial charge on any atom is 0.0366 e. The molecule has 1 aliphatic rings. The van der Waals surface area contributed by atoms with Gasteiger partial charge in [-0.1, -0.05) is 48.0 Å². The van der Waals surface area contributed by atoms with E-state index in [-0.39, 0.29) is 0 Å². The maximum absolute atomic E-state index is 2.54. The van der Waals surface area contributed by atoms with Crippen molar-refractivity contribution in [1.29, 1.82) is 0 Å². The van der Waals surface area contributed by atoms with E-state index in [4.69, 9.17) is 0 Å². The molecule has 0 spiro atoms. The lowest BCUT2D eigenvalue weighted by Gasteiger charge is -2.23. The minimum atomic E-state index is 0.728. The van der Waals surface area contributed by atoms with Gasteiger partial charge in [0.15, 0.2) is 0 Å². The Kier molecular flexibility index (Phi) is 4.05. The van der Waals surface area contributed by atoms with E-state index < -0.39 is 0 Å². The molecule has 1 nitrogen and oxygen atoms in total. The molecule has 3 rings (SSSR count). The molecule has 0 radical (unpaired) electrons. The zero-order valence-corrected chi connectivity index (χ0v) is 12.3. The highest BCUT2D eigenvalue weighted by atomic mass is 15.1. The highest BCUT2D eigenvalue weighted by Crippen LogP contribution is 2.29. The first-order valence-electron chi connectivity index (χ1n) is 7.69. The van der Waals surface area contributed by atoms with Crippen molar-refractivity contribution in [2.75, 3.05) is 18.0 Å². The first-order valence-corrected chi connectivity index (χ1v) is 7.69. The zero-order valence-electron chi connectivity index (χ0n) is 12.3. The summed E-state index contributed by atoms with van der Waals surface area (Å²) >= 11 is 0. The number of rotatable bonds is 2. The van der Waals surface area contributed by atoms with E-state index in [2.05, 4.69) is 66.4 Å². The number of anilines is 1. The van der Waals surface area contributed by atoms with E-state index in [0.29, 0.717) is 0 Å². The van der Waals surface area contributed by atoms with Crippen LogP contribution in [0, 0.1) is 6.92 Å². The second-order valence-electron chi connectivity index (χ2n) is 5.86. The van der Waals surface area contributed by atoms with Crippen molar-refractivity contribution in [2.45, 2.75) is 32.1 Å². The Morgan fingerprint density at radius 3 is 2.35 bits per heavy atom. The number of hydrogen-bond acceptors (Lipinski definition) is 1. The summed E-state index contributed by atoms with van der Waals surface area (Å²) in [6, 6.07) is 20.0. The largest absolute Gasteiger partial charge is 0.372 e. The Bertz CT molecular complexity index is 529. The van der Waals surface area contributed by atoms with Crippen molar-refractivity contribution >= 4 is 5.69 Å². The van der Waals surface area contributed by atoms with Crippen LogP contribution in [0.15, 0.2) is 54.6 Å². The molecule has 1 heterocycles. The molecule has 0 amide bonds. The van der Waals surface area contributed by atoms with Gasteiger partial charge in [-0.05, 0) is 49.8 Å². The van der Waals surface area contributed by atoms with E-state index in [1.807, 2.05) is 0 Å². The van der Waals surface area contributed by atoms with Gasteiger partial charge in [0, 0.05) is 18.8 Å². The third kappa shape index (κ3) is 3.04. The molecule has 1 fully saturated rings. The summed E-state index contributed by atoms with van der Waals surface area (Å²) < 4.78 is 0. The summed E-state index contributed by atoms with van der Waals surface area (Å²) in [6.45, 7) is 4.51. The lowest BCUT2D eigenvalue weighted by Crippen LogP contribution is -2.23. The average Bonchev–Trinajstić information content (AvgIpc) is 2.75. The van der Waals surface area contributed by atoms with E-state index in [1.165, 1.54) is 49.2 Å². The molecule has 0 aliphatic carbocycles. The van der Waals surface area contributed by atoms with Gasteiger partial charge in [-0.25, -0.2) is 0 Å². The Balaban J connectivity index is 1.69. The van der Waals surface area contributed by atoms with Gasteiger partial charge in [0.1, 0.15) is 0 Å². The standard InChI is InChI=1S/C19H23N/c1-16-9-11-19(12-10-16)20-14-5-8-18(13-15-20)17-6-3-2-4-7-17/h2-4,6-7,9-12,18H,5,8,13-15H2,1H3. The molecule has 1 saturated heterocycles. The number of hydrogen-bond donors (Lipinski definition) is 0. The van der Waals surface area contributed by atoms with Crippen LogP contribution in [0.25, 0.3) is 0 Å². The van der Waals surface area contributed by atoms with Crippen molar-refractivity contribution < 1.29 is 0 Å². The van der Waals surface area contributed by atoms with Gasteiger partial charge in [-0.2, -0.15) is 0 Å². The van der Waals surface area contributed by atoms with Gasteiger partial charge < -0.3 is 4.90 Å². The molecule has 1 aliphatic heterocycles. The molecule has 0 N–H and O–H groups in total. The summed E-state index contributed by atoms with van der Waals surface area (Å²) in [5.74, 6) is 0.728. The summed E-state index contributed by atoms with van der Waals surface area (Å²) in [7, 11) is 0. The predicted molar refractivity (Wildman–Crippen MR) is 86.4 cm³/mol. The van der Waals surface area contributed by atoms with Crippen molar-refractivity contribution in [3.63, 3.8) is 0 Å². The quantitative estimate of drug-likeness (QED) is 0.756. The van der Waals surface area contributed by atoms with Crippen LogP contribution in [0.5, 0.6) is 0 Å². The van der Waals surface area contributed by atoms with Crippen LogP contribution in [0.1, 0.15) is 36.3 Å². The third-order valence-electron chi connectivity index (χ3n) is 4.40. The Morgan fingerprint density at radius 2 is 1.60 bits per heavy atom. The first kappa shape index (κ1) is 13.2. The monoisotopic (exact) mass is 265 g/mol. The van der Waals surface area contributed by atoms with Gasteiger partial charge in [0.05, 0.1) is 0 Å². The van der Waals surface area contributed by atoms with Crippen LogP contribution in [-0.4, -0.2) is 13.1 Å². The average molecular weight is 265 g/mol. The van der Waals surface area contributed by atoms with Crippen LogP contribution in [0.3, 0.4) is 0 Å². The highest BCUT2D eigenvalue weighted by Gasteiger charge is 2.18. The Hall–Kier alpha value is -1.76. The summed E-state index contributed by atoms with van der Waals surface area (Å²) in [6.07, 6.45) is 3.86. The van der Waals surface area contributed by atoms with E-state index in [9.17, 15) is 0 Å². The zero-order chi connectivity index (χ0) is 13.8. The fourth-order valence-corrected chi connectivity index (χ4v) is 3.17. The van der Waals surface area contributed by atoms with Gasteiger partial charge in [-0.15, -0.1) is 0 Å². The molecule has 1 heteroatoms. The van der Waals surface area contributed by atoms with Crippen LogP contribution in [0.2, 0.25) is 0 Å². The van der Waals surface area contributed by atoms with Crippen molar-refractivity contribution in [1.82, 2.24) is 0 Å². The van der Waals surface area contributed by atoms with Gasteiger partial charge >= 0.3 is 0 Å². The van der Waals surface area contributed by atoms with Crippen LogP contribution in [0.4, 0.5) is 5.69 Å². The topological polar surface area (TPSA) is 3.24 Å².